The van der Waals surface area contributed by atoms with Crippen LogP contribution in [0.4, 0.5) is 0 Å². The van der Waals surface area contributed by atoms with Crippen LogP contribution >= 0.6 is 0 Å². The molecule has 0 aromatic heterocycles. The Kier molecular flexibility index (Phi) is 4.22. The quantitative estimate of drug-likeness (QED) is 0.789. The van der Waals surface area contributed by atoms with Crippen molar-refractivity contribution in [3.05, 3.63) is 6.42 Å². The predicted octanol–water partition coefficient (Wildman–Crippen LogP) is 1.72. The number of carbonyl (C=O) groups is 1. The summed E-state index contributed by atoms with van der Waals surface area (Å²) in [5.74, 6) is 0.637. The SMILES string of the molecule is NC(=O)[C@H]1CCCN1C[CH]C1CCCCC1. The van der Waals surface area contributed by atoms with Gasteiger partial charge in [-0.2, -0.15) is 0 Å². The zero-order valence-corrected chi connectivity index (χ0v) is 10.0. The van der Waals surface area contributed by atoms with Crippen molar-refractivity contribution in [1.29, 1.82) is 0 Å². The van der Waals surface area contributed by atoms with Gasteiger partial charge < -0.3 is 5.73 Å². The average molecular weight is 223 g/mol. The van der Waals surface area contributed by atoms with Crippen molar-refractivity contribution in [3.8, 4) is 0 Å². The van der Waals surface area contributed by atoms with Crippen molar-refractivity contribution < 1.29 is 4.79 Å². The van der Waals surface area contributed by atoms with E-state index in [9.17, 15) is 4.79 Å². The van der Waals surface area contributed by atoms with Gasteiger partial charge in [0.05, 0.1) is 6.04 Å². The first kappa shape index (κ1) is 11.9. The summed E-state index contributed by atoms with van der Waals surface area (Å²) in [5.41, 5.74) is 5.40. The molecule has 2 rings (SSSR count). The van der Waals surface area contributed by atoms with Crippen LogP contribution in [0.3, 0.4) is 0 Å². The Morgan fingerprint density at radius 3 is 2.62 bits per heavy atom. The first-order chi connectivity index (χ1) is 7.77. The second kappa shape index (κ2) is 5.67. The van der Waals surface area contributed by atoms with Gasteiger partial charge in [-0.25, -0.2) is 0 Å². The number of hydrogen-bond acceptors (Lipinski definition) is 2. The van der Waals surface area contributed by atoms with Gasteiger partial charge in [0.1, 0.15) is 0 Å². The zero-order valence-electron chi connectivity index (χ0n) is 10.0. The van der Waals surface area contributed by atoms with E-state index in [-0.39, 0.29) is 11.9 Å². The van der Waals surface area contributed by atoms with Gasteiger partial charge in [-0.3, -0.25) is 9.69 Å². The molecule has 3 heteroatoms. The summed E-state index contributed by atoms with van der Waals surface area (Å²) in [5, 5.41) is 0. The van der Waals surface area contributed by atoms with Crippen molar-refractivity contribution in [3.63, 3.8) is 0 Å². The van der Waals surface area contributed by atoms with Gasteiger partial charge in [0.15, 0.2) is 0 Å². The lowest BCUT2D eigenvalue weighted by molar-refractivity contribution is -0.122. The van der Waals surface area contributed by atoms with Gasteiger partial charge in [0, 0.05) is 6.54 Å². The van der Waals surface area contributed by atoms with Crippen molar-refractivity contribution in [1.82, 2.24) is 4.90 Å². The molecule has 16 heavy (non-hydrogen) atoms. The standard InChI is InChI=1S/C13H23N2O/c14-13(16)12-7-4-9-15(12)10-8-11-5-2-1-3-6-11/h8,11-12H,1-7,9-10H2,(H2,14,16)/t12-/m1/s1. The van der Waals surface area contributed by atoms with Crippen LogP contribution < -0.4 is 5.73 Å². The van der Waals surface area contributed by atoms with E-state index >= 15 is 0 Å². The van der Waals surface area contributed by atoms with Gasteiger partial charge in [0.25, 0.3) is 0 Å². The summed E-state index contributed by atoms with van der Waals surface area (Å²) >= 11 is 0. The number of rotatable bonds is 4. The second-order valence-electron chi connectivity index (χ2n) is 5.19. The fraction of sp³-hybridized carbons (Fsp3) is 0.846. The Hall–Kier alpha value is -0.570. The summed E-state index contributed by atoms with van der Waals surface area (Å²) in [4.78, 5) is 13.5. The monoisotopic (exact) mass is 223 g/mol. The second-order valence-corrected chi connectivity index (χ2v) is 5.19. The molecule has 1 heterocycles. The number of likely N-dealkylation sites (tertiary alicyclic amines) is 1. The molecule has 1 radical (unpaired) electrons. The first-order valence-electron chi connectivity index (χ1n) is 6.64. The molecule has 91 valence electrons. The van der Waals surface area contributed by atoms with Crippen LogP contribution in [0.5, 0.6) is 0 Å². The lowest BCUT2D eigenvalue weighted by Crippen LogP contribution is -2.41. The highest BCUT2D eigenvalue weighted by Gasteiger charge is 2.29. The Bertz CT molecular complexity index is 236. The van der Waals surface area contributed by atoms with Crippen LogP contribution in [0.25, 0.3) is 0 Å². The largest absolute Gasteiger partial charge is 0.368 e. The Balaban J connectivity index is 1.73. The van der Waals surface area contributed by atoms with E-state index in [1.807, 2.05) is 0 Å². The maximum absolute atomic E-state index is 11.2. The number of primary amides is 1. The van der Waals surface area contributed by atoms with Gasteiger partial charge in [-0.15, -0.1) is 0 Å². The Labute approximate surface area is 98.4 Å². The zero-order chi connectivity index (χ0) is 11.4. The van der Waals surface area contributed by atoms with Gasteiger partial charge >= 0.3 is 0 Å². The minimum atomic E-state index is -0.144. The molecule has 0 unspecified atom stereocenters. The van der Waals surface area contributed by atoms with Crippen molar-refractivity contribution in [2.24, 2.45) is 11.7 Å². The highest BCUT2D eigenvalue weighted by atomic mass is 16.1. The van der Waals surface area contributed by atoms with E-state index < -0.39 is 0 Å². The highest BCUT2D eigenvalue weighted by Crippen LogP contribution is 2.27. The number of nitrogens with zero attached hydrogens (tertiary/aromatic N) is 1. The topological polar surface area (TPSA) is 46.3 Å². The lowest BCUT2D eigenvalue weighted by atomic mass is 9.87. The normalized spacial score (nSPS) is 28.4. The van der Waals surface area contributed by atoms with Crippen LogP contribution in [0.2, 0.25) is 0 Å². The maximum atomic E-state index is 11.2. The molecule has 1 atom stereocenters. The molecule has 1 saturated heterocycles. The van der Waals surface area contributed by atoms with Crippen LogP contribution in [0.1, 0.15) is 44.9 Å². The van der Waals surface area contributed by atoms with E-state index in [0.717, 1.165) is 31.8 Å². The van der Waals surface area contributed by atoms with E-state index in [1.165, 1.54) is 32.1 Å². The average Bonchev–Trinajstić information content (AvgIpc) is 2.76. The third-order valence-electron chi connectivity index (χ3n) is 4.02. The first-order valence-corrected chi connectivity index (χ1v) is 6.64. The smallest absolute Gasteiger partial charge is 0.234 e. The molecular weight excluding hydrogens is 200 g/mol. The van der Waals surface area contributed by atoms with Crippen LogP contribution in [-0.2, 0) is 4.79 Å². The number of nitrogens with two attached hydrogens (primary N) is 1. The molecule has 0 aromatic rings. The molecule has 2 fully saturated rings. The molecule has 1 aliphatic heterocycles. The Morgan fingerprint density at radius 2 is 1.94 bits per heavy atom. The molecule has 1 amide bonds. The van der Waals surface area contributed by atoms with E-state index in [4.69, 9.17) is 5.73 Å². The highest BCUT2D eigenvalue weighted by molar-refractivity contribution is 5.80. The maximum Gasteiger partial charge on any atom is 0.234 e. The van der Waals surface area contributed by atoms with Crippen molar-refractivity contribution in [2.45, 2.75) is 51.0 Å². The van der Waals surface area contributed by atoms with E-state index in [2.05, 4.69) is 11.3 Å². The fourth-order valence-corrected chi connectivity index (χ4v) is 3.02. The molecule has 0 bridgehead atoms. The molecule has 0 spiro atoms. The molecule has 0 aromatic carbocycles. The third-order valence-corrected chi connectivity index (χ3v) is 4.02. The third kappa shape index (κ3) is 2.97. The minimum Gasteiger partial charge on any atom is -0.368 e. The molecular formula is C13H23N2O. The van der Waals surface area contributed by atoms with E-state index in [0.29, 0.717) is 0 Å². The molecule has 2 aliphatic rings. The lowest BCUT2D eigenvalue weighted by Gasteiger charge is -2.26. The van der Waals surface area contributed by atoms with Gasteiger partial charge in [0.2, 0.25) is 5.91 Å². The summed E-state index contributed by atoms with van der Waals surface area (Å²) in [6, 6.07) is -0.000148. The number of amides is 1. The van der Waals surface area contributed by atoms with Gasteiger partial charge in [-0.05, 0) is 31.7 Å². The minimum absolute atomic E-state index is 0.000148. The number of hydrogen-bond donors (Lipinski definition) is 1. The summed E-state index contributed by atoms with van der Waals surface area (Å²) in [6.45, 7) is 2.00. The summed E-state index contributed by atoms with van der Waals surface area (Å²) < 4.78 is 0. The van der Waals surface area contributed by atoms with E-state index in [1.54, 1.807) is 0 Å². The molecule has 1 saturated carbocycles. The predicted molar refractivity (Wildman–Crippen MR) is 64.7 cm³/mol. The molecule has 1 aliphatic carbocycles. The summed E-state index contributed by atoms with van der Waals surface area (Å²) in [7, 11) is 0. The van der Waals surface area contributed by atoms with Crippen LogP contribution in [0.15, 0.2) is 0 Å². The number of carbonyl (C=O) groups excluding carboxylic acids is 1. The molecule has 2 N–H and O–H groups in total. The van der Waals surface area contributed by atoms with Crippen molar-refractivity contribution >= 4 is 5.91 Å². The van der Waals surface area contributed by atoms with Crippen LogP contribution in [-0.4, -0.2) is 29.9 Å². The van der Waals surface area contributed by atoms with Crippen molar-refractivity contribution in [2.75, 3.05) is 13.1 Å². The summed E-state index contributed by atoms with van der Waals surface area (Å²) in [6.07, 6.45) is 11.3. The van der Waals surface area contributed by atoms with Crippen LogP contribution in [0, 0.1) is 12.3 Å². The Morgan fingerprint density at radius 1 is 1.19 bits per heavy atom. The molecule has 3 nitrogen and oxygen atoms in total. The fourth-order valence-electron chi connectivity index (χ4n) is 3.02. The van der Waals surface area contributed by atoms with Gasteiger partial charge in [-0.1, -0.05) is 32.1 Å².